The van der Waals surface area contributed by atoms with E-state index in [1.165, 1.54) is 0 Å². The zero-order chi connectivity index (χ0) is 0. The van der Waals surface area contributed by atoms with Crippen molar-refractivity contribution < 1.29 is 93.2 Å². The zero-order valence-corrected chi connectivity index (χ0v) is 10.3. The van der Waals surface area contributed by atoms with Crippen LogP contribution in [0.5, 0.6) is 0 Å². The Labute approximate surface area is 91.8 Å². The van der Waals surface area contributed by atoms with Crippen LogP contribution in [-0.2, 0) is 93.2 Å². The first-order valence-corrected chi connectivity index (χ1v) is 0. The molecular weight excluding hydrogens is 395 g/mol. The Morgan fingerprint density at radius 3 is 1.00 bits per heavy atom. The summed E-state index contributed by atoms with van der Waals surface area (Å²) in [6.07, 6.45) is 0. The van der Waals surface area contributed by atoms with Crippen molar-refractivity contribution in [3.63, 3.8) is 0 Å². The second-order valence-electron chi connectivity index (χ2n) is 0. The maximum absolute atomic E-state index is 0. The van der Waals surface area contributed by atoms with Crippen molar-refractivity contribution >= 4 is 0 Å². The number of rotatable bonds is 0. The molecule has 2 radical (unpaired) electrons. The van der Waals surface area contributed by atoms with E-state index < -0.39 is 0 Å². The van der Waals surface area contributed by atoms with Crippen molar-refractivity contribution in [2.45, 2.75) is 0 Å². The van der Waals surface area contributed by atoms with Crippen LogP contribution in [0.15, 0.2) is 0 Å². The maximum atomic E-state index is 0. The molecule has 0 unspecified atom stereocenters. The number of hydrogen-bond acceptors (Lipinski definition) is 0. The van der Waals surface area contributed by atoms with E-state index >= 15 is 0 Å². The van der Waals surface area contributed by atoms with E-state index in [0.29, 0.717) is 0 Å². The van der Waals surface area contributed by atoms with Crippen LogP contribution in [0.2, 0.25) is 0 Å². The quantitative estimate of drug-likeness (QED) is 0.507. The molecule has 0 aromatic heterocycles. The minimum atomic E-state index is 0. The summed E-state index contributed by atoms with van der Waals surface area (Å²) in [4.78, 5) is 0. The molecule has 0 aliphatic rings. The normalized spacial score (nSPS) is 0. The topological polar surface area (TPSA) is 0 Å². The molecule has 5 heavy (non-hydrogen) atoms. The zero-order valence-electron chi connectivity index (χ0n) is 2.01. The summed E-state index contributed by atoms with van der Waals surface area (Å²) in [5, 5.41) is 0. The predicted octanol–water partition coefficient (Wildman–Crippen LogP) is -0.0125. The molecule has 0 spiro atoms. The minimum Gasteiger partial charge on any atom is 0 e. The molecular formula is CoCuPdRuZn. The van der Waals surface area contributed by atoms with Gasteiger partial charge in [0.25, 0.3) is 0 Å². The monoisotopic (exact) mass is 394 g/mol. The molecule has 0 fully saturated rings. The fourth-order valence-electron chi connectivity index (χ4n) is 0. The van der Waals surface area contributed by atoms with Crippen LogP contribution in [0.3, 0.4) is 0 Å². The van der Waals surface area contributed by atoms with Gasteiger partial charge in [0, 0.05) is 93.2 Å². The van der Waals surface area contributed by atoms with Crippen LogP contribution < -0.4 is 0 Å². The third-order valence-electron chi connectivity index (χ3n) is 0. The van der Waals surface area contributed by atoms with Crippen LogP contribution in [0, 0.1) is 0 Å². The molecule has 0 heterocycles. The summed E-state index contributed by atoms with van der Waals surface area (Å²) >= 11 is 0. The van der Waals surface area contributed by atoms with Crippen molar-refractivity contribution in [1.82, 2.24) is 0 Å². The fraction of sp³-hybridized carbons (Fsp3) is 0. The third kappa shape index (κ3) is 19.6. The molecule has 0 aromatic rings. The van der Waals surface area contributed by atoms with Crippen molar-refractivity contribution in [3.05, 3.63) is 0 Å². The van der Waals surface area contributed by atoms with Crippen LogP contribution in [0.25, 0.3) is 0 Å². The van der Waals surface area contributed by atoms with E-state index in [4.69, 9.17) is 0 Å². The first-order valence-electron chi connectivity index (χ1n) is 0. The van der Waals surface area contributed by atoms with Crippen LogP contribution in [0.4, 0.5) is 0 Å². The summed E-state index contributed by atoms with van der Waals surface area (Å²) in [6, 6.07) is 0. The fourth-order valence-corrected chi connectivity index (χ4v) is 0. The predicted molar refractivity (Wildman–Crippen MR) is 0 cm³/mol. The van der Waals surface area contributed by atoms with Crippen LogP contribution in [0.1, 0.15) is 0 Å². The van der Waals surface area contributed by atoms with Crippen molar-refractivity contribution in [3.8, 4) is 0 Å². The Kier molecular flexibility index (Phi) is 251. The first kappa shape index (κ1) is 44.3. The smallest absolute Gasteiger partial charge is 0 e. The molecule has 0 bridgehead atoms. The molecule has 0 rings (SSSR count). The van der Waals surface area contributed by atoms with E-state index in [1.54, 1.807) is 0 Å². The Hall–Kier alpha value is 2.94. The summed E-state index contributed by atoms with van der Waals surface area (Å²) in [6.45, 7) is 0. The van der Waals surface area contributed by atoms with Crippen LogP contribution in [-0.4, -0.2) is 0 Å². The largest absolute Gasteiger partial charge is 0 e. The first-order chi connectivity index (χ1) is 0. The van der Waals surface area contributed by atoms with Gasteiger partial charge >= 0.3 is 0 Å². The molecule has 0 saturated heterocycles. The van der Waals surface area contributed by atoms with Gasteiger partial charge in [0.1, 0.15) is 0 Å². The average Bonchev–Trinajstić information content (AvgIpc) is 0. The number of hydrogen-bond donors (Lipinski definition) is 0. The molecule has 0 saturated carbocycles. The molecule has 0 atom stereocenters. The average molecular weight is 395 g/mol. The second kappa shape index (κ2) is 28.4. The van der Waals surface area contributed by atoms with Gasteiger partial charge in [0.05, 0.1) is 0 Å². The van der Waals surface area contributed by atoms with E-state index in [0.717, 1.165) is 0 Å². The van der Waals surface area contributed by atoms with Gasteiger partial charge in [-0.15, -0.1) is 0 Å². The molecule has 0 nitrogen and oxygen atoms in total. The Bertz CT molecular complexity index is 11.6. The van der Waals surface area contributed by atoms with Gasteiger partial charge < -0.3 is 0 Å². The van der Waals surface area contributed by atoms with E-state index in [2.05, 4.69) is 0 Å². The minimum absolute atomic E-state index is 0. The van der Waals surface area contributed by atoms with Crippen molar-refractivity contribution in [2.75, 3.05) is 0 Å². The summed E-state index contributed by atoms with van der Waals surface area (Å²) in [7, 11) is 0. The van der Waals surface area contributed by atoms with Gasteiger partial charge in [-0.2, -0.15) is 0 Å². The summed E-state index contributed by atoms with van der Waals surface area (Å²) < 4.78 is 0. The van der Waals surface area contributed by atoms with Gasteiger partial charge in [-0.05, 0) is 0 Å². The maximum Gasteiger partial charge on any atom is 0 e. The van der Waals surface area contributed by atoms with Gasteiger partial charge in [0.2, 0.25) is 0 Å². The molecule has 0 aromatic carbocycles. The van der Waals surface area contributed by atoms with Gasteiger partial charge in [-0.3, -0.25) is 0 Å². The van der Waals surface area contributed by atoms with Crippen molar-refractivity contribution in [2.24, 2.45) is 0 Å². The van der Waals surface area contributed by atoms with E-state index in [1.807, 2.05) is 0 Å². The Morgan fingerprint density at radius 1 is 1.00 bits per heavy atom. The molecule has 0 aliphatic heterocycles. The van der Waals surface area contributed by atoms with Gasteiger partial charge in [-0.25, -0.2) is 0 Å². The van der Waals surface area contributed by atoms with Gasteiger partial charge in [0.15, 0.2) is 0 Å². The summed E-state index contributed by atoms with van der Waals surface area (Å²) in [5.41, 5.74) is 0. The molecule has 0 N–H and O–H groups in total. The third-order valence-corrected chi connectivity index (χ3v) is 0. The standard InChI is InChI=1S/Co.Cu.Pd.Ru.Zn. The summed E-state index contributed by atoms with van der Waals surface area (Å²) in [5.74, 6) is 0. The molecule has 0 aliphatic carbocycles. The Balaban J connectivity index is 0. The van der Waals surface area contributed by atoms with Gasteiger partial charge in [-0.1, -0.05) is 0 Å². The van der Waals surface area contributed by atoms with Crippen molar-refractivity contribution in [1.29, 1.82) is 0 Å². The SMILES string of the molecule is [Co].[Cu].[Pd].[Ru].[Zn]. The van der Waals surface area contributed by atoms with E-state index in [9.17, 15) is 0 Å². The molecule has 5 heteroatoms. The molecule has 0 amide bonds. The molecule has 40 valence electrons. The van der Waals surface area contributed by atoms with Crippen LogP contribution >= 0.6 is 0 Å². The Morgan fingerprint density at radius 2 is 1.00 bits per heavy atom. The van der Waals surface area contributed by atoms with E-state index in [-0.39, 0.29) is 93.2 Å². The second-order valence-corrected chi connectivity index (χ2v) is 0.